The van der Waals surface area contributed by atoms with Crippen LogP contribution in [0.15, 0.2) is 18.2 Å². The van der Waals surface area contributed by atoms with Gasteiger partial charge in [-0.1, -0.05) is 20.3 Å². The van der Waals surface area contributed by atoms with Crippen LogP contribution >= 0.6 is 0 Å². The molecule has 2 N–H and O–H groups in total. The van der Waals surface area contributed by atoms with Crippen molar-refractivity contribution in [3.63, 3.8) is 0 Å². The van der Waals surface area contributed by atoms with E-state index < -0.39 is 11.6 Å². The summed E-state index contributed by atoms with van der Waals surface area (Å²) >= 11 is 0. The van der Waals surface area contributed by atoms with Crippen LogP contribution in [0.25, 0.3) is 0 Å². The van der Waals surface area contributed by atoms with Crippen LogP contribution in [0.5, 0.6) is 5.75 Å². The number of nitrogens with one attached hydrogen (secondary N) is 1. The highest BCUT2D eigenvalue weighted by Crippen LogP contribution is 2.17. The Labute approximate surface area is 119 Å². The number of hydrogen-bond donors (Lipinski definition) is 2. The Balaban J connectivity index is 2.81. The van der Waals surface area contributed by atoms with Crippen molar-refractivity contribution >= 4 is 5.91 Å². The fourth-order valence-corrected chi connectivity index (χ4v) is 1.95. The van der Waals surface area contributed by atoms with Gasteiger partial charge in [0, 0.05) is 18.2 Å². The van der Waals surface area contributed by atoms with Crippen molar-refractivity contribution in [2.24, 2.45) is 5.92 Å². The zero-order valence-electron chi connectivity index (χ0n) is 12.5. The maximum absolute atomic E-state index is 13.3. The van der Waals surface area contributed by atoms with Crippen LogP contribution in [0.4, 0.5) is 4.39 Å². The minimum Gasteiger partial charge on any atom is -0.505 e. The summed E-state index contributed by atoms with van der Waals surface area (Å²) in [4.78, 5) is 14.2. The number of aromatic hydroxyl groups is 1. The Morgan fingerprint density at radius 1 is 1.45 bits per heavy atom. The molecule has 0 bridgehead atoms. The van der Waals surface area contributed by atoms with Gasteiger partial charge in [0.05, 0.1) is 0 Å². The van der Waals surface area contributed by atoms with Crippen LogP contribution < -0.4 is 5.32 Å². The molecule has 1 aromatic rings. The lowest BCUT2D eigenvalue weighted by Crippen LogP contribution is -2.45. The van der Waals surface area contributed by atoms with Gasteiger partial charge >= 0.3 is 0 Å². The number of rotatable bonds is 6. The molecule has 0 heterocycles. The lowest BCUT2D eigenvalue weighted by atomic mass is 9.98. The molecule has 0 saturated heterocycles. The standard InChI is InChI=1S/C15H23FN2O2/c1-5-10(2)13(9-18(3)4)17-15(20)11-6-7-14(19)12(16)8-11/h6-8,10,13,19H,5,9H2,1-4H3,(H,17,20)/t10-,13+/m0/s1. The molecule has 0 aliphatic rings. The van der Waals surface area contributed by atoms with E-state index in [1.54, 1.807) is 0 Å². The number of phenolic OH excluding ortho intramolecular Hbond substituents is 1. The highest BCUT2D eigenvalue weighted by molar-refractivity contribution is 5.94. The van der Waals surface area contributed by atoms with Crippen LogP contribution in [-0.4, -0.2) is 42.6 Å². The van der Waals surface area contributed by atoms with Crippen LogP contribution in [-0.2, 0) is 0 Å². The monoisotopic (exact) mass is 282 g/mol. The Morgan fingerprint density at radius 3 is 2.60 bits per heavy atom. The second-order valence-electron chi connectivity index (χ2n) is 5.39. The summed E-state index contributed by atoms with van der Waals surface area (Å²) in [5, 5.41) is 12.1. The molecule has 0 aliphatic heterocycles. The van der Waals surface area contributed by atoms with E-state index in [2.05, 4.69) is 19.2 Å². The molecule has 0 aromatic heterocycles. The average molecular weight is 282 g/mol. The van der Waals surface area contributed by atoms with E-state index in [1.165, 1.54) is 12.1 Å². The van der Waals surface area contributed by atoms with Crippen molar-refractivity contribution in [2.45, 2.75) is 26.3 Å². The number of amides is 1. The summed E-state index contributed by atoms with van der Waals surface area (Å²) in [6, 6.07) is 3.65. The van der Waals surface area contributed by atoms with Gasteiger partial charge in [0.25, 0.3) is 5.91 Å². The SMILES string of the molecule is CC[C@H](C)[C@@H](CN(C)C)NC(=O)c1ccc(O)c(F)c1. The normalized spacial score (nSPS) is 14.1. The number of nitrogens with zero attached hydrogens (tertiary/aromatic N) is 1. The first-order chi connectivity index (χ1) is 9.35. The summed E-state index contributed by atoms with van der Waals surface area (Å²) in [5.74, 6) is -1.24. The molecule has 0 aliphatic carbocycles. The van der Waals surface area contributed by atoms with Crippen molar-refractivity contribution in [2.75, 3.05) is 20.6 Å². The third-order valence-electron chi connectivity index (χ3n) is 3.42. The van der Waals surface area contributed by atoms with Gasteiger partial charge in [0.2, 0.25) is 0 Å². The predicted octanol–water partition coefficient (Wildman–Crippen LogP) is 2.24. The van der Waals surface area contributed by atoms with Gasteiger partial charge in [-0.25, -0.2) is 4.39 Å². The molecule has 0 radical (unpaired) electrons. The second kappa shape index (κ2) is 7.24. The zero-order valence-corrected chi connectivity index (χ0v) is 12.5. The first-order valence-electron chi connectivity index (χ1n) is 6.79. The van der Waals surface area contributed by atoms with E-state index >= 15 is 0 Å². The smallest absolute Gasteiger partial charge is 0.251 e. The lowest BCUT2D eigenvalue weighted by Gasteiger charge is -2.27. The van der Waals surface area contributed by atoms with Crippen LogP contribution in [0, 0.1) is 11.7 Å². The maximum atomic E-state index is 13.3. The predicted molar refractivity (Wildman–Crippen MR) is 77.3 cm³/mol. The number of carbonyl (C=O) groups excluding carboxylic acids is 1. The molecule has 20 heavy (non-hydrogen) atoms. The van der Waals surface area contributed by atoms with Crippen LogP contribution in [0.3, 0.4) is 0 Å². The summed E-state index contributed by atoms with van der Waals surface area (Å²) in [6.45, 7) is 4.87. The number of likely N-dealkylation sites (N-methyl/N-ethyl adjacent to an activating group) is 1. The Bertz CT molecular complexity index is 463. The highest BCUT2D eigenvalue weighted by atomic mass is 19.1. The Kier molecular flexibility index (Phi) is 5.95. The number of phenols is 1. The summed E-state index contributed by atoms with van der Waals surface area (Å²) < 4.78 is 13.3. The van der Waals surface area contributed by atoms with Gasteiger partial charge in [-0.15, -0.1) is 0 Å². The fourth-order valence-electron chi connectivity index (χ4n) is 1.95. The van der Waals surface area contributed by atoms with Gasteiger partial charge in [-0.05, 0) is 38.2 Å². The second-order valence-corrected chi connectivity index (χ2v) is 5.39. The van der Waals surface area contributed by atoms with E-state index in [-0.39, 0.29) is 17.5 Å². The Hall–Kier alpha value is -1.62. The molecule has 4 nitrogen and oxygen atoms in total. The molecule has 5 heteroatoms. The molecular weight excluding hydrogens is 259 g/mol. The molecule has 2 atom stereocenters. The van der Waals surface area contributed by atoms with E-state index in [0.717, 1.165) is 19.0 Å². The lowest BCUT2D eigenvalue weighted by molar-refractivity contribution is 0.0912. The molecule has 0 spiro atoms. The average Bonchev–Trinajstić information content (AvgIpc) is 2.39. The first kappa shape index (κ1) is 16.4. The zero-order chi connectivity index (χ0) is 15.3. The summed E-state index contributed by atoms with van der Waals surface area (Å²) in [6.07, 6.45) is 0.947. The molecular formula is C15H23FN2O2. The van der Waals surface area contributed by atoms with Crippen molar-refractivity contribution in [1.29, 1.82) is 0 Å². The van der Waals surface area contributed by atoms with E-state index in [1.807, 2.05) is 19.0 Å². The third kappa shape index (κ3) is 4.49. The largest absolute Gasteiger partial charge is 0.505 e. The summed E-state index contributed by atoms with van der Waals surface area (Å²) in [5.41, 5.74) is 0.215. The van der Waals surface area contributed by atoms with Gasteiger partial charge in [-0.2, -0.15) is 0 Å². The highest BCUT2D eigenvalue weighted by Gasteiger charge is 2.20. The molecule has 0 unspecified atom stereocenters. The van der Waals surface area contributed by atoms with Crippen molar-refractivity contribution in [3.05, 3.63) is 29.6 Å². The summed E-state index contributed by atoms with van der Waals surface area (Å²) in [7, 11) is 3.89. The minimum atomic E-state index is -0.787. The first-order valence-corrected chi connectivity index (χ1v) is 6.79. The maximum Gasteiger partial charge on any atom is 0.251 e. The van der Waals surface area contributed by atoms with E-state index in [0.29, 0.717) is 5.92 Å². The number of hydrogen-bond acceptors (Lipinski definition) is 3. The third-order valence-corrected chi connectivity index (χ3v) is 3.42. The molecule has 0 saturated carbocycles. The Morgan fingerprint density at radius 2 is 2.10 bits per heavy atom. The molecule has 0 fully saturated rings. The van der Waals surface area contributed by atoms with Crippen LogP contribution in [0.2, 0.25) is 0 Å². The number of benzene rings is 1. The minimum absolute atomic E-state index is 0.000589. The van der Waals surface area contributed by atoms with Gasteiger partial charge < -0.3 is 15.3 Å². The van der Waals surface area contributed by atoms with Gasteiger partial charge in [0.1, 0.15) is 0 Å². The molecule has 112 valence electrons. The van der Waals surface area contributed by atoms with Crippen LogP contribution in [0.1, 0.15) is 30.6 Å². The molecule has 1 aromatic carbocycles. The quantitative estimate of drug-likeness (QED) is 0.841. The fraction of sp³-hybridized carbons (Fsp3) is 0.533. The topological polar surface area (TPSA) is 52.6 Å². The van der Waals surface area contributed by atoms with Gasteiger partial charge in [0.15, 0.2) is 11.6 Å². The molecule has 1 amide bonds. The van der Waals surface area contributed by atoms with E-state index in [4.69, 9.17) is 5.11 Å². The van der Waals surface area contributed by atoms with Crippen molar-refractivity contribution < 1.29 is 14.3 Å². The van der Waals surface area contributed by atoms with Crippen molar-refractivity contribution in [3.8, 4) is 5.75 Å². The van der Waals surface area contributed by atoms with Gasteiger partial charge in [-0.3, -0.25) is 4.79 Å². The molecule has 1 rings (SSSR count). The number of carbonyl (C=O) groups is 1. The van der Waals surface area contributed by atoms with E-state index in [9.17, 15) is 9.18 Å². The van der Waals surface area contributed by atoms with Crippen molar-refractivity contribution in [1.82, 2.24) is 10.2 Å². The number of halogens is 1.